The number of hydrogen-bond acceptors (Lipinski definition) is 4. The fourth-order valence-corrected chi connectivity index (χ4v) is 0.881. The fourth-order valence-electron chi connectivity index (χ4n) is 0.881. The smallest absolute Gasteiger partial charge is 0.408 e. The first kappa shape index (κ1) is 13.6. The minimum absolute atomic E-state index is 0.235. The number of carbonyl (C=O) groups is 3. The summed E-state index contributed by atoms with van der Waals surface area (Å²) >= 11 is 0. The predicted molar refractivity (Wildman–Crippen MR) is 54.5 cm³/mol. The molecule has 0 aromatic carbocycles. The lowest BCUT2D eigenvalue weighted by Crippen LogP contribution is -2.40. The van der Waals surface area contributed by atoms with Crippen molar-refractivity contribution in [1.29, 1.82) is 0 Å². The first-order valence-electron chi connectivity index (χ1n) is 4.77. The maximum atomic E-state index is 11.2. The molecular weight excluding hydrogens is 198 g/mol. The van der Waals surface area contributed by atoms with E-state index in [1.54, 1.807) is 20.8 Å². The Balaban J connectivity index is 4.01. The van der Waals surface area contributed by atoms with Gasteiger partial charge in [-0.15, -0.1) is 0 Å². The predicted octanol–water partition coefficient (Wildman–Crippen LogP) is 1.06. The standard InChI is InChI=1S/C10H17NO4/c1-10(2,3)15-9(14)11-8(7-13)5-4-6-12/h6-8H,4-5H2,1-3H3,(H,11,14)/t8-/m0/s1. The van der Waals surface area contributed by atoms with Crippen LogP contribution in [-0.4, -0.2) is 30.3 Å². The van der Waals surface area contributed by atoms with Gasteiger partial charge in [0.2, 0.25) is 0 Å². The first-order valence-corrected chi connectivity index (χ1v) is 4.77. The van der Waals surface area contributed by atoms with E-state index >= 15 is 0 Å². The van der Waals surface area contributed by atoms with Crippen molar-refractivity contribution < 1.29 is 19.1 Å². The van der Waals surface area contributed by atoms with Gasteiger partial charge in [0.25, 0.3) is 0 Å². The molecule has 1 N–H and O–H groups in total. The molecule has 0 aliphatic carbocycles. The molecule has 86 valence electrons. The number of alkyl carbamates (subject to hydrolysis) is 1. The average molecular weight is 215 g/mol. The number of nitrogens with one attached hydrogen (secondary N) is 1. The van der Waals surface area contributed by atoms with Gasteiger partial charge >= 0.3 is 6.09 Å². The molecule has 0 bridgehead atoms. The molecule has 0 radical (unpaired) electrons. The van der Waals surface area contributed by atoms with Crippen molar-refractivity contribution in [2.45, 2.75) is 45.3 Å². The lowest BCUT2D eigenvalue weighted by atomic mass is 10.2. The second-order valence-electron chi connectivity index (χ2n) is 4.13. The van der Waals surface area contributed by atoms with E-state index in [9.17, 15) is 14.4 Å². The van der Waals surface area contributed by atoms with Gasteiger partial charge in [0.1, 0.15) is 18.2 Å². The largest absolute Gasteiger partial charge is 0.444 e. The third-order valence-electron chi connectivity index (χ3n) is 1.46. The Morgan fingerprint density at radius 1 is 1.40 bits per heavy atom. The second kappa shape index (κ2) is 6.16. The lowest BCUT2D eigenvalue weighted by molar-refractivity contribution is -0.110. The molecule has 0 aromatic rings. The van der Waals surface area contributed by atoms with Gasteiger partial charge in [-0.05, 0) is 27.2 Å². The molecule has 0 rings (SSSR count). The van der Waals surface area contributed by atoms with Crippen LogP contribution in [0.1, 0.15) is 33.6 Å². The van der Waals surface area contributed by atoms with E-state index in [2.05, 4.69) is 5.32 Å². The average Bonchev–Trinajstić information content (AvgIpc) is 2.09. The minimum atomic E-state index is -0.662. The molecule has 5 nitrogen and oxygen atoms in total. The van der Waals surface area contributed by atoms with Crippen molar-refractivity contribution in [2.24, 2.45) is 0 Å². The van der Waals surface area contributed by atoms with Crippen LogP contribution < -0.4 is 5.32 Å². The third kappa shape index (κ3) is 7.66. The normalized spacial score (nSPS) is 12.7. The van der Waals surface area contributed by atoms with E-state index in [4.69, 9.17) is 4.74 Å². The zero-order valence-electron chi connectivity index (χ0n) is 9.28. The van der Waals surface area contributed by atoms with Crippen LogP contribution in [0.2, 0.25) is 0 Å². The first-order chi connectivity index (χ1) is 6.89. The van der Waals surface area contributed by atoms with Crippen molar-refractivity contribution in [1.82, 2.24) is 5.32 Å². The quantitative estimate of drug-likeness (QED) is 0.696. The molecule has 0 aliphatic rings. The van der Waals surface area contributed by atoms with Gasteiger partial charge in [-0.2, -0.15) is 0 Å². The highest BCUT2D eigenvalue weighted by Crippen LogP contribution is 2.07. The van der Waals surface area contributed by atoms with Gasteiger partial charge in [0, 0.05) is 6.42 Å². The summed E-state index contributed by atoms with van der Waals surface area (Å²) in [6.07, 6.45) is 1.18. The fraction of sp³-hybridized carbons (Fsp3) is 0.700. The lowest BCUT2D eigenvalue weighted by Gasteiger charge is -2.21. The van der Waals surface area contributed by atoms with E-state index in [0.717, 1.165) is 0 Å². The van der Waals surface area contributed by atoms with E-state index in [-0.39, 0.29) is 6.42 Å². The Bertz CT molecular complexity index is 232. The van der Waals surface area contributed by atoms with Crippen LogP contribution in [-0.2, 0) is 14.3 Å². The molecule has 1 amide bonds. The molecule has 1 atom stereocenters. The zero-order valence-corrected chi connectivity index (χ0v) is 9.28. The van der Waals surface area contributed by atoms with Crippen LogP contribution >= 0.6 is 0 Å². The molecule has 0 spiro atoms. The Kier molecular flexibility index (Phi) is 5.59. The van der Waals surface area contributed by atoms with Gasteiger partial charge in [-0.25, -0.2) is 4.79 Å². The van der Waals surface area contributed by atoms with Crippen LogP contribution in [0.4, 0.5) is 4.79 Å². The van der Waals surface area contributed by atoms with Crippen LogP contribution in [0.25, 0.3) is 0 Å². The molecular formula is C10H17NO4. The van der Waals surface area contributed by atoms with Crippen molar-refractivity contribution in [3.05, 3.63) is 0 Å². The molecule has 0 saturated heterocycles. The van der Waals surface area contributed by atoms with Crippen molar-refractivity contribution in [3.63, 3.8) is 0 Å². The van der Waals surface area contributed by atoms with Crippen LogP contribution in [0.15, 0.2) is 0 Å². The van der Waals surface area contributed by atoms with Gasteiger partial charge in [0.15, 0.2) is 0 Å². The number of rotatable bonds is 5. The molecule has 0 aromatic heterocycles. The van der Waals surface area contributed by atoms with Crippen LogP contribution in [0, 0.1) is 0 Å². The second-order valence-corrected chi connectivity index (χ2v) is 4.13. The summed E-state index contributed by atoms with van der Waals surface area (Å²) in [5, 5.41) is 2.37. The zero-order chi connectivity index (χ0) is 11.9. The number of hydrogen-bond donors (Lipinski definition) is 1. The van der Waals surface area contributed by atoms with E-state index < -0.39 is 17.7 Å². The van der Waals surface area contributed by atoms with E-state index in [0.29, 0.717) is 19.0 Å². The summed E-state index contributed by atoms with van der Waals surface area (Å²) in [5.74, 6) is 0. The summed E-state index contributed by atoms with van der Waals surface area (Å²) in [6, 6.07) is -0.662. The Morgan fingerprint density at radius 2 is 2.00 bits per heavy atom. The summed E-state index contributed by atoms with van der Waals surface area (Å²) in [5.41, 5.74) is -0.595. The summed E-state index contributed by atoms with van der Waals surface area (Å²) < 4.78 is 4.95. The van der Waals surface area contributed by atoms with Crippen LogP contribution in [0.5, 0.6) is 0 Å². The highest BCUT2D eigenvalue weighted by Gasteiger charge is 2.18. The Hall–Kier alpha value is -1.39. The number of carbonyl (C=O) groups excluding carboxylic acids is 3. The molecule has 0 unspecified atom stereocenters. The summed E-state index contributed by atoms with van der Waals surface area (Å²) in [6.45, 7) is 5.19. The number of amides is 1. The summed E-state index contributed by atoms with van der Waals surface area (Å²) in [4.78, 5) is 31.8. The number of ether oxygens (including phenoxy) is 1. The minimum Gasteiger partial charge on any atom is -0.444 e. The Morgan fingerprint density at radius 3 is 2.40 bits per heavy atom. The molecule has 15 heavy (non-hydrogen) atoms. The SMILES string of the molecule is CC(C)(C)OC(=O)N[C@H](C=O)CCC=O. The van der Waals surface area contributed by atoms with Gasteiger partial charge in [0.05, 0.1) is 6.04 Å². The van der Waals surface area contributed by atoms with Gasteiger partial charge in [-0.1, -0.05) is 0 Å². The molecule has 5 heteroatoms. The summed E-state index contributed by atoms with van der Waals surface area (Å²) in [7, 11) is 0. The van der Waals surface area contributed by atoms with E-state index in [1.807, 2.05) is 0 Å². The van der Waals surface area contributed by atoms with Crippen LogP contribution in [0.3, 0.4) is 0 Å². The maximum Gasteiger partial charge on any atom is 0.408 e. The molecule has 0 saturated carbocycles. The molecule has 0 heterocycles. The topological polar surface area (TPSA) is 72.5 Å². The van der Waals surface area contributed by atoms with Crippen molar-refractivity contribution in [2.75, 3.05) is 0 Å². The number of aldehydes is 2. The van der Waals surface area contributed by atoms with Gasteiger partial charge < -0.3 is 19.6 Å². The van der Waals surface area contributed by atoms with Gasteiger partial charge in [-0.3, -0.25) is 0 Å². The Labute approximate surface area is 89.2 Å². The maximum absolute atomic E-state index is 11.2. The molecule has 0 fully saturated rings. The highest BCUT2D eigenvalue weighted by molar-refractivity contribution is 5.73. The van der Waals surface area contributed by atoms with Crippen molar-refractivity contribution >= 4 is 18.7 Å². The van der Waals surface area contributed by atoms with Crippen molar-refractivity contribution in [3.8, 4) is 0 Å². The third-order valence-corrected chi connectivity index (χ3v) is 1.46. The van der Waals surface area contributed by atoms with E-state index in [1.165, 1.54) is 0 Å². The highest BCUT2D eigenvalue weighted by atomic mass is 16.6. The monoisotopic (exact) mass is 215 g/mol. The molecule has 0 aliphatic heterocycles.